The second kappa shape index (κ2) is 9.01. The van der Waals surface area contributed by atoms with Crippen molar-refractivity contribution in [3.05, 3.63) is 72.1 Å². The number of hydrogen-bond acceptors (Lipinski definition) is 5. The second-order valence-corrected chi connectivity index (χ2v) is 6.05. The Morgan fingerprint density at radius 2 is 1.86 bits per heavy atom. The van der Waals surface area contributed by atoms with Gasteiger partial charge in [-0.3, -0.25) is 9.36 Å². The first-order valence-corrected chi connectivity index (χ1v) is 8.95. The number of imidazole rings is 1. The minimum absolute atomic E-state index is 0.281. The number of methoxy groups -OCH3 is 2. The molecular formula is C21H21FN4O3. The van der Waals surface area contributed by atoms with Crippen LogP contribution in [0.4, 0.5) is 4.39 Å². The van der Waals surface area contributed by atoms with Crippen LogP contribution in [0.2, 0.25) is 0 Å². The molecule has 0 saturated heterocycles. The third-order valence-electron chi connectivity index (χ3n) is 4.32. The van der Waals surface area contributed by atoms with Crippen molar-refractivity contribution >= 4 is 11.6 Å². The molecule has 1 aromatic heterocycles. The molecule has 0 bridgehead atoms. The molecule has 8 heteroatoms. The first-order valence-electron chi connectivity index (χ1n) is 8.95. The highest BCUT2D eigenvalue weighted by atomic mass is 19.1. The fourth-order valence-corrected chi connectivity index (χ4v) is 2.81. The minimum atomic E-state index is -0.432. The van der Waals surface area contributed by atoms with Crippen molar-refractivity contribution in [2.24, 2.45) is 5.10 Å². The molecule has 150 valence electrons. The predicted octanol–water partition coefficient (Wildman–Crippen LogP) is 3.57. The molecule has 0 unspecified atom stereocenters. The van der Waals surface area contributed by atoms with Crippen molar-refractivity contribution in [3.8, 4) is 17.2 Å². The summed E-state index contributed by atoms with van der Waals surface area (Å²) in [4.78, 5) is 16.7. The van der Waals surface area contributed by atoms with Crippen LogP contribution in [0.25, 0.3) is 5.69 Å². The van der Waals surface area contributed by atoms with Gasteiger partial charge in [0.15, 0.2) is 11.5 Å². The molecule has 0 saturated carbocycles. The number of benzene rings is 2. The summed E-state index contributed by atoms with van der Waals surface area (Å²) in [6, 6.07) is 11.2. The van der Waals surface area contributed by atoms with Crippen molar-refractivity contribution in [1.82, 2.24) is 15.0 Å². The zero-order chi connectivity index (χ0) is 20.8. The third-order valence-corrected chi connectivity index (χ3v) is 4.32. The summed E-state index contributed by atoms with van der Waals surface area (Å²) in [5, 5.41) is 4.27. The van der Waals surface area contributed by atoms with Gasteiger partial charge in [0.2, 0.25) is 0 Å². The smallest absolute Gasteiger partial charge is 0.289 e. The zero-order valence-corrected chi connectivity index (χ0v) is 16.3. The molecular weight excluding hydrogens is 375 g/mol. The number of hydrogen-bond donors (Lipinski definition) is 1. The monoisotopic (exact) mass is 396 g/mol. The van der Waals surface area contributed by atoms with Crippen LogP contribution in [-0.4, -0.2) is 35.4 Å². The summed E-state index contributed by atoms with van der Waals surface area (Å²) in [5.41, 5.74) is 4.94. The summed E-state index contributed by atoms with van der Waals surface area (Å²) < 4.78 is 25.3. The summed E-state index contributed by atoms with van der Waals surface area (Å²) in [6.07, 6.45) is 3.50. The molecule has 1 N–H and O–H groups in total. The maximum atomic E-state index is 13.2. The van der Waals surface area contributed by atoms with E-state index in [2.05, 4.69) is 15.5 Å². The summed E-state index contributed by atoms with van der Waals surface area (Å²) in [7, 11) is 3.12. The van der Waals surface area contributed by atoms with E-state index in [0.29, 0.717) is 29.3 Å². The first-order chi connectivity index (χ1) is 14.1. The molecule has 0 fully saturated rings. The number of aromatic nitrogens is 2. The lowest BCUT2D eigenvalue weighted by Crippen LogP contribution is -2.22. The largest absolute Gasteiger partial charge is 0.493 e. The molecule has 3 rings (SSSR count). The second-order valence-electron chi connectivity index (χ2n) is 6.05. The van der Waals surface area contributed by atoms with E-state index < -0.39 is 5.91 Å². The van der Waals surface area contributed by atoms with E-state index in [1.54, 1.807) is 43.1 Å². The highest BCUT2D eigenvalue weighted by Gasteiger charge is 2.14. The number of nitrogens with zero attached hydrogens (tertiary/aromatic N) is 3. The highest BCUT2D eigenvalue weighted by molar-refractivity contribution is 6.02. The van der Waals surface area contributed by atoms with Crippen LogP contribution in [0.15, 0.2) is 60.1 Å². The maximum Gasteiger partial charge on any atom is 0.289 e. The van der Waals surface area contributed by atoms with Gasteiger partial charge in [-0.2, -0.15) is 5.10 Å². The van der Waals surface area contributed by atoms with E-state index in [-0.39, 0.29) is 11.5 Å². The average molecular weight is 396 g/mol. The van der Waals surface area contributed by atoms with E-state index in [4.69, 9.17) is 9.47 Å². The van der Waals surface area contributed by atoms with Crippen molar-refractivity contribution in [2.45, 2.75) is 13.3 Å². The quantitative estimate of drug-likeness (QED) is 0.489. The van der Waals surface area contributed by atoms with Gasteiger partial charge in [-0.25, -0.2) is 14.8 Å². The number of carbonyl (C=O) groups excluding carboxylic acids is 1. The maximum absolute atomic E-state index is 13.2. The molecule has 0 spiro atoms. The topological polar surface area (TPSA) is 77.7 Å². The molecule has 29 heavy (non-hydrogen) atoms. The SMILES string of the molecule is CC/C(=N\NC(=O)c1cncn1-c1ccc(F)cc1)c1ccc(OC)c(OC)c1. The van der Waals surface area contributed by atoms with E-state index >= 15 is 0 Å². The Kier molecular flexibility index (Phi) is 6.23. The molecule has 2 aromatic carbocycles. The van der Waals surface area contributed by atoms with Gasteiger partial charge in [-0.05, 0) is 48.9 Å². The lowest BCUT2D eigenvalue weighted by Gasteiger charge is -2.11. The van der Waals surface area contributed by atoms with Gasteiger partial charge in [0.05, 0.1) is 32.5 Å². The minimum Gasteiger partial charge on any atom is -0.493 e. The van der Waals surface area contributed by atoms with Crippen LogP contribution in [0, 0.1) is 5.82 Å². The molecule has 0 radical (unpaired) electrons. The summed E-state index contributed by atoms with van der Waals surface area (Å²) >= 11 is 0. The Labute approximate surface area is 167 Å². The van der Waals surface area contributed by atoms with Crippen molar-refractivity contribution in [2.75, 3.05) is 14.2 Å². The van der Waals surface area contributed by atoms with Gasteiger partial charge in [-0.15, -0.1) is 0 Å². The highest BCUT2D eigenvalue weighted by Crippen LogP contribution is 2.28. The van der Waals surface area contributed by atoms with E-state index in [9.17, 15) is 9.18 Å². The Bertz CT molecular complexity index is 1030. The Balaban J connectivity index is 1.83. The average Bonchev–Trinajstić information content (AvgIpc) is 3.24. The molecule has 0 aliphatic carbocycles. The first kappa shape index (κ1) is 20.1. The van der Waals surface area contributed by atoms with Gasteiger partial charge in [0, 0.05) is 11.3 Å². The molecule has 0 aliphatic heterocycles. The van der Waals surface area contributed by atoms with Crippen molar-refractivity contribution in [3.63, 3.8) is 0 Å². The number of carbonyl (C=O) groups is 1. The summed E-state index contributed by atoms with van der Waals surface area (Å²) in [6.45, 7) is 1.93. The van der Waals surface area contributed by atoms with E-state index in [1.165, 1.54) is 24.7 Å². The Morgan fingerprint density at radius 1 is 1.14 bits per heavy atom. The standard InChI is InChI=1S/C21H21FN4O3/c1-4-17(14-5-10-19(28-2)20(11-14)29-3)24-25-21(27)18-12-23-13-26(18)16-8-6-15(22)7-9-16/h5-13H,4H2,1-3H3,(H,25,27)/b24-17+. The fourth-order valence-electron chi connectivity index (χ4n) is 2.81. The molecule has 0 aliphatic rings. The molecule has 1 amide bonds. The molecule has 3 aromatic rings. The Hall–Kier alpha value is -3.68. The number of amides is 1. The van der Waals surface area contributed by atoms with Crippen molar-refractivity contribution < 1.29 is 18.7 Å². The molecule has 0 atom stereocenters. The Morgan fingerprint density at radius 3 is 2.52 bits per heavy atom. The molecule has 1 heterocycles. The van der Waals surface area contributed by atoms with Gasteiger partial charge in [0.1, 0.15) is 11.5 Å². The van der Waals surface area contributed by atoms with E-state index in [1.807, 2.05) is 13.0 Å². The van der Waals surface area contributed by atoms with E-state index in [0.717, 1.165) is 5.56 Å². The third kappa shape index (κ3) is 4.43. The zero-order valence-electron chi connectivity index (χ0n) is 16.3. The van der Waals surface area contributed by atoms with Crippen LogP contribution in [0.3, 0.4) is 0 Å². The van der Waals surface area contributed by atoms with Crippen molar-refractivity contribution in [1.29, 1.82) is 0 Å². The van der Waals surface area contributed by atoms with Gasteiger partial charge in [0.25, 0.3) is 5.91 Å². The lowest BCUT2D eigenvalue weighted by molar-refractivity contribution is 0.0948. The van der Waals surface area contributed by atoms with Gasteiger partial charge in [-0.1, -0.05) is 6.92 Å². The molecule has 7 nitrogen and oxygen atoms in total. The van der Waals surface area contributed by atoms with Gasteiger partial charge < -0.3 is 9.47 Å². The lowest BCUT2D eigenvalue weighted by atomic mass is 10.1. The number of ether oxygens (including phenoxy) is 2. The van der Waals surface area contributed by atoms with Gasteiger partial charge >= 0.3 is 0 Å². The van der Waals surface area contributed by atoms with Crippen LogP contribution in [0.1, 0.15) is 29.4 Å². The number of nitrogens with one attached hydrogen (secondary N) is 1. The number of rotatable bonds is 7. The van der Waals surface area contributed by atoms with Crippen LogP contribution in [0.5, 0.6) is 11.5 Å². The predicted molar refractivity (Wildman–Crippen MR) is 107 cm³/mol. The van der Waals surface area contributed by atoms with Crippen LogP contribution < -0.4 is 14.9 Å². The number of halogens is 1. The fraction of sp³-hybridized carbons (Fsp3) is 0.190. The number of hydrazone groups is 1. The van der Waals surface area contributed by atoms with Crippen LogP contribution in [-0.2, 0) is 0 Å². The summed E-state index contributed by atoms with van der Waals surface area (Å²) in [5.74, 6) is 0.399. The normalized spacial score (nSPS) is 11.2. The van der Waals surface area contributed by atoms with Crippen LogP contribution >= 0.6 is 0 Å².